The number of benzene rings is 1. The molecule has 4 heteroatoms. The van der Waals surface area contributed by atoms with Crippen LogP contribution in [0.2, 0.25) is 5.02 Å². The molecular weight excluding hydrogens is 256 g/mol. The van der Waals surface area contributed by atoms with Crippen molar-refractivity contribution in [2.24, 2.45) is 5.41 Å². The van der Waals surface area contributed by atoms with Crippen LogP contribution >= 0.6 is 23.4 Å². The van der Waals surface area contributed by atoms with Crippen LogP contribution < -0.4 is 0 Å². The van der Waals surface area contributed by atoms with Crippen molar-refractivity contribution in [1.29, 1.82) is 0 Å². The van der Waals surface area contributed by atoms with Gasteiger partial charge in [0, 0.05) is 9.92 Å². The quantitative estimate of drug-likeness (QED) is 0.905. The summed E-state index contributed by atoms with van der Waals surface area (Å²) in [5.41, 5.74) is 0.379. The first-order valence-corrected chi connectivity index (χ1v) is 6.91. The van der Waals surface area contributed by atoms with E-state index in [4.69, 9.17) is 11.6 Å². The van der Waals surface area contributed by atoms with E-state index < -0.39 is 10.7 Å². The van der Waals surface area contributed by atoms with Crippen LogP contribution in [0.1, 0.15) is 25.7 Å². The van der Waals surface area contributed by atoms with Gasteiger partial charge in [0.2, 0.25) is 0 Å². The average Bonchev–Trinajstić information content (AvgIpc) is 2.96. The number of carbonyl (C=O) groups is 1. The molecule has 2 fully saturated rings. The highest BCUT2D eigenvalue weighted by molar-refractivity contribution is 8.01. The van der Waals surface area contributed by atoms with Crippen molar-refractivity contribution in [2.75, 3.05) is 0 Å². The number of halogens is 1. The Morgan fingerprint density at radius 2 is 2.06 bits per heavy atom. The second kappa shape index (κ2) is 3.66. The molecule has 0 saturated heterocycles. The lowest BCUT2D eigenvalue weighted by atomic mass is 9.71. The Labute approximate surface area is 109 Å². The number of carboxylic acids is 1. The van der Waals surface area contributed by atoms with Gasteiger partial charge in [-0.05, 0) is 49.3 Å². The van der Waals surface area contributed by atoms with Gasteiger partial charge in [-0.1, -0.05) is 17.7 Å². The molecule has 17 heavy (non-hydrogen) atoms. The first-order chi connectivity index (χ1) is 8.04. The monoisotopic (exact) mass is 268 g/mol. The summed E-state index contributed by atoms with van der Waals surface area (Å²) in [5, 5.41) is 10.1. The van der Waals surface area contributed by atoms with Crippen molar-refractivity contribution >= 4 is 29.3 Å². The number of carboxylic acid groups (broad SMARTS) is 1. The lowest BCUT2D eigenvalue weighted by Gasteiger charge is -2.44. The smallest absolute Gasteiger partial charge is 0.320 e. The van der Waals surface area contributed by atoms with E-state index in [0.717, 1.165) is 17.7 Å². The van der Waals surface area contributed by atoms with Gasteiger partial charge in [0.05, 0.1) is 0 Å². The Bertz CT molecular complexity index is 474. The summed E-state index contributed by atoms with van der Waals surface area (Å²) in [4.78, 5) is 12.4. The van der Waals surface area contributed by atoms with Gasteiger partial charge in [0.15, 0.2) is 0 Å². The standard InChI is InChI=1S/C13H13ClO2S/c14-9-2-1-3-10(6-9)17-13(11(15)16)7-12(8-13)4-5-12/h1-3,6H,4-5,7-8H2,(H,15,16). The second-order valence-corrected chi connectivity index (χ2v) is 7.11. The first kappa shape index (κ1) is 11.4. The van der Waals surface area contributed by atoms with Crippen LogP contribution in [-0.4, -0.2) is 15.8 Å². The maximum atomic E-state index is 11.5. The van der Waals surface area contributed by atoms with Gasteiger partial charge in [0.25, 0.3) is 0 Å². The highest BCUT2D eigenvalue weighted by Gasteiger charge is 2.64. The molecule has 1 aromatic carbocycles. The van der Waals surface area contributed by atoms with Gasteiger partial charge in [0.1, 0.15) is 4.75 Å². The fourth-order valence-corrected chi connectivity index (χ4v) is 4.60. The molecule has 90 valence electrons. The minimum absolute atomic E-state index is 0.379. The molecule has 0 aromatic heterocycles. The van der Waals surface area contributed by atoms with E-state index in [1.165, 1.54) is 24.6 Å². The zero-order valence-corrected chi connectivity index (χ0v) is 10.9. The van der Waals surface area contributed by atoms with Crippen LogP contribution in [0.4, 0.5) is 0 Å². The molecule has 0 bridgehead atoms. The fourth-order valence-electron chi connectivity index (χ4n) is 2.71. The summed E-state index contributed by atoms with van der Waals surface area (Å²) in [7, 11) is 0. The molecule has 3 rings (SSSR count). The zero-order valence-electron chi connectivity index (χ0n) is 9.28. The topological polar surface area (TPSA) is 37.3 Å². The van der Waals surface area contributed by atoms with E-state index in [1.807, 2.05) is 24.3 Å². The molecule has 2 aliphatic carbocycles. The molecule has 1 aromatic rings. The first-order valence-electron chi connectivity index (χ1n) is 5.72. The highest BCUT2D eigenvalue weighted by atomic mass is 35.5. The normalized spacial score (nSPS) is 23.1. The Kier molecular flexibility index (Phi) is 2.46. The van der Waals surface area contributed by atoms with Crippen LogP contribution in [-0.2, 0) is 4.79 Å². The van der Waals surface area contributed by atoms with E-state index in [2.05, 4.69) is 0 Å². The van der Waals surface area contributed by atoms with E-state index in [9.17, 15) is 9.90 Å². The van der Waals surface area contributed by atoms with Crippen molar-refractivity contribution in [1.82, 2.24) is 0 Å². The number of hydrogen-bond acceptors (Lipinski definition) is 2. The molecule has 0 heterocycles. The van der Waals surface area contributed by atoms with E-state index >= 15 is 0 Å². The largest absolute Gasteiger partial charge is 0.480 e. The summed E-state index contributed by atoms with van der Waals surface area (Å²) >= 11 is 7.38. The molecule has 0 amide bonds. The van der Waals surface area contributed by atoms with Crippen molar-refractivity contribution in [3.8, 4) is 0 Å². The van der Waals surface area contributed by atoms with Gasteiger partial charge >= 0.3 is 5.97 Å². The molecule has 2 saturated carbocycles. The predicted octanol–water partition coefficient (Wildman–Crippen LogP) is 3.83. The maximum absolute atomic E-state index is 11.5. The van der Waals surface area contributed by atoms with Crippen LogP contribution in [0.15, 0.2) is 29.2 Å². The number of hydrogen-bond donors (Lipinski definition) is 1. The summed E-state index contributed by atoms with van der Waals surface area (Å²) < 4.78 is -0.610. The molecular formula is C13H13ClO2S. The van der Waals surface area contributed by atoms with Crippen molar-refractivity contribution in [2.45, 2.75) is 35.3 Å². The lowest BCUT2D eigenvalue weighted by molar-refractivity contribution is -0.144. The molecule has 1 spiro atoms. The zero-order chi connectivity index (χ0) is 12.1. The summed E-state index contributed by atoms with van der Waals surface area (Å²) in [6.07, 6.45) is 4.04. The Morgan fingerprint density at radius 1 is 1.35 bits per heavy atom. The van der Waals surface area contributed by atoms with Gasteiger partial charge in [-0.3, -0.25) is 4.79 Å². The summed E-state index contributed by atoms with van der Waals surface area (Å²) in [6, 6.07) is 7.45. The Hall–Kier alpha value is -0.670. The second-order valence-electron chi connectivity index (χ2n) is 5.21. The average molecular weight is 269 g/mol. The molecule has 0 unspecified atom stereocenters. The van der Waals surface area contributed by atoms with Crippen LogP contribution in [0.3, 0.4) is 0 Å². The van der Waals surface area contributed by atoms with Crippen LogP contribution in [0, 0.1) is 5.41 Å². The lowest BCUT2D eigenvalue weighted by Crippen LogP contribution is -2.48. The number of aliphatic carboxylic acids is 1. The third kappa shape index (κ3) is 1.95. The van der Waals surface area contributed by atoms with E-state index in [-0.39, 0.29) is 0 Å². The van der Waals surface area contributed by atoms with E-state index in [1.54, 1.807) is 0 Å². The third-order valence-electron chi connectivity index (χ3n) is 3.78. The molecule has 1 N–H and O–H groups in total. The van der Waals surface area contributed by atoms with Crippen molar-refractivity contribution in [3.05, 3.63) is 29.3 Å². The van der Waals surface area contributed by atoms with Crippen LogP contribution in [0.25, 0.3) is 0 Å². The van der Waals surface area contributed by atoms with Gasteiger partial charge in [-0.25, -0.2) is 0 Å². The minimum atomic E-state index is -0.681. The predicted molar refractivity (Wildman–Crippen MR) is 68.6 cm³/mol. The van der Waals surface area contributed by atoms with Gasteiger partial charge in [-0.2, -0.15) is 0 Å². The van der Waals surface area contributed by atoms with Crippen molar-refractivity contribution in [3.63, 3.8) is 0 Å². The third-order valence-corrected chi connectivity index (χ3v) is 5.36. The molecule has 0 atom stereocenters. The fraction of sp³-hybridized carbons (Fsp3) is 0.462. The molecule has 2 aliphatic rings. The minimum Gasteiger partial charge on any atom is -0.480 e. The van der Waals surface area contributed by atoms with Gasteiger partial charge in [-0.15, -0.1) is 11.8 Å². The van der Waals surface area contributed by atoms with Crippen LogP contribution in [0.5, 0.6) is 0 Å². The number of thioether (sulfide) groups is 1. The SMILES string of the molecule is O=C(O)C1(Sc2cccc(Cl)c2)CC2(CC2)C1. The van der Waals surface area contributed by atoms with Crippen molar-refractivity contribution < 1.29 is 9.90 Å². The van der Waals surface area contributed by atoms with Gasteiger partial charge < -0.3 is 5.11 Å². The Balaban J connectivity index is 1.80. The maximum Gasteiger partial charge on any atom is 0.320 e. The molecule has 0 radical (unpaired) electrons. The highest BCUT2D eigenvalue weighted by Crippen LogP contribution is 2.69. The molecule has 2 nitrogen and oxygen atoms in total. The van der Waals surface area contributed by atoms with E-state index in [0.29, 0.717) is 10.4 Å². The number of rotatable bonds is 3. The summed E-state index contributed by atoms with van der Waals surface area (Å²) in [5.74, 6) is -0.681. The summed E-state index contributed by atoms with van der Waals surface area (Å²) in [6.45, 7) is 0. The molecule has 0 aliphatic heterocycles. The Morgan fingerprint density at radius 3 is 2.59 bits per heavy atom.